The number of nitrogens with one attached hydrogen (secondary N) is 2. The molecule has 1 heterocycles. The third-order valence-electron chi connectivity index (χ3n) is 1.37. The van der Waals surface area contributed by atoms with E-state index in [1.165, 1.54) is 12.4 Å². The number of nitrogens with zero attached hydrogens (tertiary/aromatic N) is 2. The summed E-state index contributed by atoms with van der Waals surface area (Å²) < 4.78 is 0. The third-order valence-corrected chi connectivity index (χ3v) is 1.37. The van der Waals surface area contributed by atoms with Crippen molar-refractivity contribution < 1.29 is 4.79 Å². The Balaban J connectivity index is 2.74. The standard InChI is InChI=1S/C7H11N5O/c1-2-9-7(13)5-3-11-6(12-8)4-10-5/h3-4H,2,8H2,1H3,(H,9,13)(H,11,12). The average molecular weight is 181 g/mol. The molecule has 70 valence electrons. The molecule has 1 aromatic rings. The summed E-state index contributed by atoms with van der Waals surface area (Å²) in [5, 5.41) is 2.61. The van der Waals surface area contributed by atoms with Crippen LogP contribution in [0.15, 0.2) is 12.4 Å². The predicted octanol–water partition coefficient (Wildman–Crippen LogP) is -0.488. The van der Waals surface area contributed by atoms with Gasteiger partial charge in [-0.1, -0.05) is 0 Å². The predicted molar refractivity (Wildman–Crippen MR) is 47.8 cm³/mol. The van der Waals surface area contributed by atoms with Gasteiger partial charge in [0.25, 0.3) is 5.91 Å². The number of amides is 1. The molecule has 0 saturated heterocycles. The molecule has 4 N–H and O–H groups in total. The van der Waals surface area contributed by atoms with E-state index in [-0.39, 0.29) is 11.6 Å². The topological polar surface area (TPSA) is 92.9 Å². The van der Waals surface area contributed by atoms with Gasteiger partial charge < -0.3 is 10.7 Å². The molecule has 1 rings (SSSR count). The Kier molecular flexibility index (Phi) is 3.15. The van der Waals surface area contributed by atoms with E-state index in [1.807, 2.05) is 6.92 Å². The summed E-state index contributed by atoms with van der Waals surface area (Å²) in [5.74, 6) is 5.27. The van der Waals surface area contributed by atoms with Gasteiger partial charge in [-0.05, 0) is 6.92 Å². The van der Waals surface area contributed by atoms with Crippen LogP contribution in [0.5, 0.6) is 0 Å². The largest absolute Gasteiger partial charge is 0.351 e. The number of hydrogen-bond donors (Lipinski definition) is 3. The Hall–Kier alpha value is -1.69. The van der Waals surface area contributed by atoms with Crippen LogP contribution in [0.2, 0.25) is 0 Å². The molecule has 0 aliphatic rings. The minimum Gasteiger partial charge on any atom is -0.351 e. The molecule has 0 unspecified atom stereocenters. The molecule has 1 aromatic heterocycles. The Labute approximate surface area is 75.5 Å². The van der Waals surface area contributed by atoms with Crippen LogP contribution in [0.4, 0.5) is 5.82 Å². The van der Waals surface area contributed by atoms with Gasteiger partial charge in [0, 0.05) is 6.54 Å². The minimum absolute atomic E-state index is 0.237. The van der Waals surface area contributed by atoms with Crippen molar-refractivity contribution in [3.05, 3.63) is 18.1 Å². The summed E-state index contributed by atoms with van der Waals surface area (Å²) in [7, 11) is 0. The maximum atomic E-state index is 11.2. The zero-order chi connectivity index (χ0) is 9.68. The summed E-state index contributed by atoms with van der Waals surface area (Å²) in [6.07, 6.45) is 2.75. The van der Waals surface area contributed by atoms with Crippen molar-refractivity contribution in [1.29, 1.82) is 0 Å². The highest BCUT2D eigenvalue weighted by Crippen LogP contribution is 1.98. The van der Waals surface area contributed by atoms with Gasteiger partial charge in [0.05, 0.1) is 12.4 Å². The number of carbonyl (C=O) groups is 1. The molecule has 13 heavy (non-hydrogen) atoms. The lowest BCUT2D eigenvalue weighted by molar-refractivity contribution is 0.0950. The van der Waals surface area contributed by atoms with Crippen LogP contribution < -0.4 is 16.6 Å². The fraction of sp³-hybridized carbons (Fsp3) is 0.286. The molecule has 0 saturated carbocycles. The van der Waals surface area contributed by atoms with E-state index in [4.69, 9.17) is 5.84 Å². The summed E-state index contributed by atoms with van der Waals surface area (Å²) in [5.41, 5.74) is 2.60. The number of anilines is 1. The van der Waals surface area contributed by atoms with Crippen LogP contribution in [-0.4, -0.2) is 22.4 Å². The number of aromatic nitrogens is 2. The van der Waals surface area contributed by atoms with Crippen LogP contribution in [-0.2, 0) is 0 Å². The van der Waals surface area contributed by atoms with Crippen LogP contribution >= 0.6 is 0 Å². The molecule has 0 aliphatic heterocycles. The number of carbonyl (C=O) groups excluding carboxylic acids is 1. The van der Waals surface area contributed by atoms with E-state index >= 15 is 0 Å². The summed E-state index contributed by atoms with van der Waals surface area (Å²) in [4.78, 5) is 18.9. The summed E-state index contributed by atoms with van der Waals surface area (Å²) in [6, 6.07) is 0. The van der Waals surface area contributed by atoms with Gasteiger partial charge in [0.1, 0.15) is 5.69 Å². The quantitative estimate of drug-likeness (QED) is 0.432. The molecule has 0 fully saturated rings. The summed E-state index contributed by atoms with van der Waals surface area (Å²) >= 11 is 0. The van der Waals surface area contributed by atoms with Crippen molar-refractivity contribution in [2.24, 2.45) is 5.84 Å². The van der Waals surface area contributed by atoms with E-state index in [1.54, 1.807) is 0 Å². The van der Waals surface area contributed by atoms with Crippen LogP contribution in [0.25, 0.3) is 0 Å². The molecule has 0 aliphatic carbocycles. The van der Waals surface area contributed by atoms with E-state index in [0.717, 1.165) is 0 Å². The molecular formula is C7H11N5O. The SMILES string of the molecule is CCNC(=O)c1cnc(NN)cn1. The molecule has 1 amide bonds. The first kappa shape index (κ1) is 9.40. The van der Waals surface area contributed by atoms with Gasteiger partial charge in [0.2, 0.25) is 0 Å². The van der Waals surface area contributed by atoms with Gasteiger partial charge in [-0.2, -0.15) is 0 Å². The van der Waals surface area contributed by atoms with Gasteiger partial charge in [0.15, 0.2) is 5.82 Å². The van der Waals surface area contributed by atoms with Crippen LogP contribution in [0.1, 0.15) is 17.4 Å². The molecule has 0 atom stereocenters. The zero-order valence-electron chi connectivity index (χ0n) is 7.24. The fourth-order valence-corrected chi connectivity index (χ4v) is 0.771. The van der Waals surface area contributed by atoms with E-state index in [0.29, 0.717) is 12.4 Å². The second-order valence-corrected chi connectivity index (χ2v) is 2.29. The maximum absolute atomic E-state index is 11.2. The van der Waals surface area contributed by atoms with Gasteiger partial charge in [-0.3, -0.25) is 4.79 Å². The average Bonchev–Trinajstić information content (AvgIpc) is 2.18. The first-order valence-corrected chi connectivity index (χ1v) is 3.84. The highest BCUT2D eigenvalue weighted by Gasteiger charge is 2.05. The lowest BCUT2D eigenvalue weighted by Gasteiger charge is -2.01. The third kappa shape index (κ3) is 2.38. The normalized spacial score (nSPS) is 9.38. The first-order chi connectivity index (χ1) is 6.27. The molecule has 0 radical (unpaired) electrons. The molecule has 0 spiro atoms. The van der Waals surface area contributed by atoms with Crippen LogP contribution in [0.3, 0.4) is 0 Å². The van der Waals surface area contributed by atoms with E-state index in [9.17, 15) is 4.79 Å². The highest BCUT2D eigenvalue weighted by atomic mass is 16.1. The smallest absolute Gasteiger partial charge is 0.271 e. The van der Waals surface area contributed by atoms with Crippen molar-refractivity contribution in [3.8, 4) is 0 Å². The Bertz CT molecular complexity index is 283. The van der Waals surface area contributed by atoms with Crippen molar-refractivity contribution in [2.45, 2.75) is 6.92 Å². The number of hydrazine groups is 1. The zero-order valence-corrected chi connectivity index (χ0v) is 7.24. The Morgan fingerprint density at radius 1 is 1.54 bits per heavy atom. The number of nitrogen functional groups attached to an aromatic ring is 1. The highest BCUT2D eigenvalue weighted by molar-refractivity contribution is 5.91. The van der Waals surface area contributed by atoms with Gasteiger partial charge >= 0.3 is 0 Å². The molecule has 0 bridgehead atoms. The molecule has 6 nitrogen and oxygen atoms in total. The second-order valence-electron chi connectivity index (χ2n) is 2.29. The van der Waals surface area contributed by atoms with E-state index in [2.05, 4.69) is 20.7 Å². The maximum Gasteiger partial charge on any atom is 0.271 e. The first-order valence-electron chi connectivity index (χ1n) is 3.84. The monoisotopic (exact) mass is 181 g/mol. The fourth-order valence-electron chi connectivity index (χ4n) is 0.771. The number of rotatable bonds is 3. The van der Waals surface area contributed by atoms with E-state index < -0.39 is 0 Å². The lowest BCUT2D eigenvalue weighted by atomic mass is 10.4. The Morgan fingerprint density at radius 3 is 2.77 bits per heavy atom. The molecule has 6 heteroatoms. The van der Waals surface area contributed by atoms with Crippen molar-refractivity contribution in [1.82, 2.24) is 15.3 Å². The van der Waals surface area contributed by atoms with Crippen molar-refractivity contribution in [3.63, 3.8) is 0 Å². The van der Waals surface area contributed by atoms with Gasteiger partial charge in [-0.15, -0.1) is 0 Å². The minimum atomic E-state index is -0.237. The second kappa shape index (κ2) is 4.36. The number of nitrogens with two attached hydrogens (primary N) is 1. The Morgan fingerprint density at radius 2 is 2.31 bits per heavy atom. The van der Waals surface area contributed by atoms with Crippen molar-refractivity contribution >= 4 is 11.7 Å². The van der Waals surface area contributed by atoms with Gasteiger partial charge in [-0.25, -0.2) is 15.8 Å². The molecular weight excluding hydrogens is 170 g/mol. The van der Waals surface area contributed by atoms with Crippen LogP contribution in [0, 0.1) is 0 Å². The molecule has 0 aromatic carbocycles. The van der Waals surface area contributed by atoms with Crippen molar-refractivity contribution in [2.75, 3.05) is 12.0 Å². The summed E-state index contributed by atoms with van der Waals surface area (Å²) in [6.45, 7) is 2.40. The lowest BCUT2D eigenvalue weighted by Crippen LogP contribution is -2.24. The number of hydrogen-bond acceptors (Lipinski definition) is 5.